The average Bonchev–Trinajstić information content (AvgIpc) is 2.02. The third kappa shape index (κ3) is 9.63. The van der Waals surface area contributed by atoms with Crippen LogP contribution in [0.3, 0.4) is 0 Å². The van der Waals surface area contributed by atoms with E-state index in [4.69, 9.17) is 15.3 Å². The summed E-state index contributed by atoms with van der Waals surface area (Å²) >= 11 is 0. The van der Waals surface area contributed by atoms with Gasteiger partial charge >= 0.3 is 0 Å². The highest BCUT2D eigenvalue weighted by molar-refractivity contribution is 7.75. The fourth-order valence-electron chi connectivity index (χ4n) is 0.671. The summed E-state index contributed by atoms with van der Waals surface area (Å²) in [5, 5.41) is 14.8. The molecule has 4 nitrogen and oxygen atoms in total. The predicted molar refractivity (Wildman–Crippen MR) is 54.8 cm³/mol. The lowest BCUT2D eigenvalue weighted by Gasteiger charge is -2.16. The normalized spacial score (nSPS) is 10.0. The van der Waals surface area contributed by atoms with Gasteiger partial charge in [-0.05, 0) is 20.8 Å². The van der Waals surface area contributed by atoms with E-state index in [1.807, 2.05) is 0 Å². The largest absolute Gasteiger partial charge is 0.356 e. The number of nitrogens with zero attached hydrogens (tertiary/aromatic N) is 1. The lowest BCUT2D eigenvalue weighted by molar-refractivity contribution is -0.402. The van der Waals surface area contributed by atoms with Crippen LogP contribution in [0.4, 0.5) is 0 Å². The Morgan fingerprint density at radius 1 is 1.08 bits per heavy atom. The lowest BCUT2D eigenvalue weighted by atomic mass is 10.9. The van der Waals surface area contributed by atoms with E-state index in [-0.39, 0.29) is 0 Å². The molecule has 0 aliphatic heterocycles. The zero-order valence-corrected chi connectivity index (χ0v) is 9.13. The molecule has 74 valence electrons. The van der Waals surface area contributed by atoms with Gasteiger partial charge in [0.25, 0.3) is 0 Å². The van der Waals surface area contributed by atoms with Crippen molar-refractivity contribution in [2.45, 2.75) is 20.8 Å². The zero-order chi connectivity index (χ0) is 10.2. The second kappa shape index (κ2) is 7.29. The standard InChI is InChI=1S/C7H18P.NO3/c1-5-8(4,6-2)7-3;2-1(3)4/h5-7H2,1-4H3;/q+1;-1. The second-order valence-corrected chi connectivity index (χ2v) is 7.93. The van der Waals surface area contributed by atoms with Gasteiger partial charge in [0.1, 0.15) is 0 Å². The molecule has 12 heavy (non-hydrogen) atoms. The Morgan fingerprint density at radius 2 is 1.25 bits per heavy atom. The van der Waals surface area contributed by atoms with E-state index >= 15 is 0 Å². The fourth-order valence-corrected chi connectivity index (χ4v) is 2.01. The minimum absolute atomic E-state index is 0.412. The average molecular weight is 195 g/mol. The molecule has 0 saturated carbocycles. The minimum Gasteiger partial charge on any atom is -0.356 e. The first-order chi connectivity index (χ1) is 5.41. The number of hydrogen-bond acceptors (Lipinski definition) is 3. The van der Waals surface area contributed by atoms with E-state index < -0.39 is 12.3 Å². The van der Waals surface area contributed by atoms with Gasteiger partial charge in [0, 0.05) is 13.9 Å². The summed E-state index contributed by atoms with van der Waals surface area (Å²) in [4.78, 5) is 8.25. The van der Waals surface area contributed by atoms with E-state index in [0.29, 0.717) is 0 Å². The van der Waals surface area contributed by atoms with Gasteiger partial charge in [-0.2, -0.15) is 0 Å². The van der Waals surface area contributed by atoms with Crippen LogP contribution >= 0.6 is 7.26 Å². The maximum Gasteiger partial charge on any atom is 0.0689 e. The van der Waals surface area contributed by atoms with Crippen molar-refractivity contribution >= 4 is 7.26 Å². The van der Waals surface area contributed by atoms with Crippen molar-refractivity contribution in [3.05, 3.63) is 15.3 Å². The van der Waals surface area contributed by atoms with Gasteiger partial charge in [0.15, 0.2) is 0 Å². The number of rotatable bonds is 3. The molecule has 0 saturated heterocycles. The van der Waals surface area contributed by atoms with Crippen LogP contribution in [-0.2, 0) is 0 Å². The highest BCUT2D eigenvalue weighted by Gasteiger charge is 2.22. The van der Waals surface area contributed by atoms with Gasteiger partial charge in [0.2, 0.25) is 0 Å². The molecule has 0 spiro atoms. The number of hydrogen-bond donors (Lipinski definition) is 0. The first kappa shape index (κ1) is 14.2. The quantitative estimate of drug-likeness (QED) is 0.394. The SMILES string of the molecule is CC[P+](C)(CC)CC.O=[N+]([O-])[O-]. The molecule has 5 heteroatoms. The van der Waals surface area contributed by atoms with Crippen LogP contribution in [0.1, 0.15) is 20.8 Å². The van der Waals surface area contributed by atoms with Crippen LogP contribution in [0.2, 0.25) is 0 Å². The van der Waals surface area contributed by atoms with Crippen molar-refractivity contribution in [2.75, 3.05) is 25.2 Å². The highest BCUT2D eigenvalue weighted by atomic mass is 31.2. The van der Waals surface area contributed by atoms with E-state index in [0.717, 1.165) is 0 Å². The summed E-state index contributed by atoms with van der Waals surface area (Å²) in [6.45, 7) is 9.43. The Balaban J connectivity index is 0. The van der Waals surface area contributed by atoms with Gasteiger partial charge in [-0.15, -0.1) is 0 Å². The first-order valence-corrected chi connectivity index (χ1v) is 6.86. The molecular formula is C7H18NO3P. The molecule has 0 bridgehead atoms. The van der Waals surface area contributed by atoms with Crippen molar-refractivity contribution in [1.29, 1.82) is 0 Å². The zero-order valence-electron chi connectivity index (χ0n) is 8.24. The summed E-state index contributed by atoms with van der Waals surface area (Å²) in [5.41, 5.74) is 0. The lowest BCUT2D eigenvalue weighted by Crippen LogP contribution is -1.98. The van der Waals surface area contributed by atoms with Crippen LogP contribution < -0.4 is 0 Å². The Morgan fingerprint density at radius 3 is 1.25 bits per heavy atom. The first-order valence-electron chi connectivity index (χ1n) is 4.06. The summed E-state index contributed by atoms with van der Waals surface area (Å²) in [6.07, 6.45) is 4.29. The molecule has 0 aromatic carbocycles. The van der Waals surface area contributed by atoms with Crippen LogP contribution in [0.25, 0.3) is 0 Å². The van der Waals surface area contributed by atoms with E-state index in [9.17, 15) is 0 Å². The van der Waals surface area contributed by atoms with Crippen molar-refractivity contribution in [2.24, 2.45) is 0 Å². The van der Waals surface area contributed by atoms with Gasteiger partial charge in [-0.25, -0.2) is 0 Å². The van der Waals surface area contributed by atoms with Crippen LogP contribution in [0.15, 0.2) is 0 Å². The molecule has 0 atom stereocenters. The van der Waals surface area contributed by atoms with Crippen LogP contribution in [0, 0.1) is 15.3 Å². The smallest absolute Gasteiger partial charge is 0.0689 e. The Labute approximate surface area is 74.4 Å². The Bertz CT molecular complexity index is 114. The Kier molecular flexibility index (Phi) is 8.61. The van der Waals surface area contributed by atoms with E-state index in [1.165, 1.54) is 18.5 Å². The molecule has 0 aliphatic rings. The van der Waals surface area contributed by atoms with Gasteiger partial charge in [0.05, 0.1) is 23.6 Å². The molecule has 0 fully saturated rings. The molecule has 0 aromatic rings. The topological polar surface area (TPSA) is 66.2 Å². The fraction of sp³-hybridized carbons (Fsp3) is 1.00. The summed E-state index contributed by atoms with van der Waals surface area (Å²) < 4.78 is 0. The van der Waals surface area contributed by atoms with E-state index in [2.05, 4.69) is 27.4 Å². The monoisotopic (exact) mass is 195 g/mol. The molecule has 0 N–H and O–H groups in total. The third-order valence-corrected chi connectivity index (χ3v) is 6.87. The molecule has 0 amide bonds. The second-order valence-electron chi connectivity index (χ2n) is 2.79. The third-order valence-electron chi connectivity index (χ3n) is 2.29. The molecule has 0 radical (unpaired) electrons. The molecule has 0 unspecified atom stereocenters. The molecule has 0 heterocycles. The summed E-state index contributed by atoms with van der Waals surface area (Å²) in [5.74, 6) is 0. The maximum absolute atomic E-state index is 8.25. The van der Waals surface area contributed by atoms with Gasteiger partial charge in [-0.1, -0.05) is 0 Å². The predicted octanol–water partition coefficient (Wildman–Crippen LogP) is 2.45. The molecular weight excluding hydrogens is 177 g/mol. The maximum atomic E-state index is 8.25. The van der Waals surface area contributed by atoms with Crippen molar-refractivity contribution in [1.82, 2.24) is 0 Å². The van der Waals surface area contributed by atoms with Crippen molar-refractivity contribution < 1.29 is 5.09 Å². The van der Waals surface area contributed by atoms with Crippen molar-refractivity contribution in [3.8, 4) is 0 Å². The highest BCUT2D eigenvalue weighted by Crippen LogP contribution is 2.53. The molecule has 0 aliphatic carbocycles. The van der Waals surface area contributed by atoms with Gasteiger partial charge < -0.3 is 15.3 Å². The van der Waals surface area contributed by atoms with E-state index in [1.54, 1.807) is 0 Å². The minimum atomic E-state index is -1.75. The molecule has 0 rings (SSSR count). The van der Waals surface area contributed by atoms with Crippen LogP contribution in [0.5, 0.6) is 0 Å². The summed E-state index contributed by atoms with van der Waals surface area (Å²) in [7, 11) is -0.412. The Hall–Kier alpha value is -0.370. The van der Waals surface area contributed by atoms with Crippen LogP contribution in [-0.4, -0.2) is 30.2 Å². The summed E-state index contributed by atoms with van der Waals surface area (Å²) in [6, 6.07) is 0. The molecule has 0 aromatic heterocycles. The van der Waals surface area contributed by atoms with Gasteiger partial charge in [-0.3, -0.25) is 0 Å². The van der Waals surface area contributed by atoms with Crippen molar-refractivity contribution in [3.63, 3.8) is 0 Å².